The maximum atomic E-state index is 12.4. The highest BCUT2D eigenvalue weighted by Gasteiger charge is 2.19. The highest BCUT2D eigenvalue weighted by Crippen LogP contribution is 2.20. The van der Waals surface area contributed by atoms with Crippen molar-refractivity contribution in [3.63, 3.8) is 0 Å². The molecule has 24 heavy (non-hydrogen) atoms. The minimum Gasteiger partial charge on any atom is -0.477 e. The van der Waals surface area contributed by atoms with Crippen molar-refractivity contribution in [2.45, 2.75) is 4.90 Å². The van der Waals surface area contributed by atoms with Crippen LogP contribution in [0.15, 0.2) is 50.5 Å². The first-order chi connectivity index (χ1) is 11.3. The van der Waals surface area contributed by atoms with Crippen molar-refractivity contribution in [2.75, 3.05) is 4.72 Å². The third-order valence-electron chi connectivity index (χ3n) is 3.24. The number of carboxylic acids is 1. The molecular formula is C14H11N3O6S. The summed E-state index contributed by atoms with van der Waals surface area (Å²) in [6.07, 6.45) is 0. The Balaban J connectivity index is 1.98. The van der Waals surface area contributed by atoms with Gasteiger partial charge >= 0.3 is 11.6 Å². The number of aromatic nitrogens is 2. The van der Waals surface area contributed by atoms with E-state index in [0.29, 0.717) is 5.39 Å². The number of aromatic carboxylic acids is 1. The Kier molecular flexibility index (Phi) is 3.60. The van der Waals surface area contributed by atoms with E-state index < -0.39 is 21.6 Å². The lowest BCUT2D eigenvalue weighted by Crippen LogP contribution is -2.13. The van der Waals surface area contributed by atoms with Gasteiger partial charge in [0.1, 0.15) is 11.3 Å². The van der Waals surface area contributed by atoms with Crippen LogP contribution in [0.25, 0.3) is 11.0 Å². The number of nitrogens with one attached hydrogen (secondary N) is 1. The van der Waals surface area contributed by atoms with Gasteiger partial charge in [-0.3, -0.25) is 9.40 Å². The fourth-order valence-corrected chi connectivity index (χ4v) is 3.15. The second-order valence-electron chi connectivity index (χ2n) is 4.90. The maximum Gasteiger partial charge on any atom is 0.354 e. The number of benzene rings is 1. The molecule has 0 spiro atoms. The zero-order valence-corrected chi connectivity index (χ0v) is 13.1. The van der Waals surface area contributed by atoms with Crippen LogP contribution in [0.5, 0.6) is 0 Å². The zero-order chi connectivity index (χ0) is 17.5. The normalized spacial score (nSPS) is 11.5. The molecule has 3 aromatic rings. The molecule has 3 rings (SSSR count). The van der Waals surface area contributed by atoms with Crippen LogP contribution in [-0.2, 0) is 17.1 Å². The molecule has 1 aromatic carbocycles. The number of anilines is 1. The number of hydrogen-bond donors (Lipinski definition) is 2. The van der Waals surface area contributed by atoms with Crippen molar-refractivity contribution < 1.29 is 22.7 Å². The average Bonchev–Trinajstić information content (AvgIpc) is 2.86. The lowest BCUT2D eigenvalue weighted by Gasteiger charge is -2.06. The van der Waals surface area contributed by atoms with Crippen molar-refractivity contribution in [2.24, 2.45) is 7.05 Å². The Morgan fingerprint density at radius 2 is 2.00 bits per heavy atom. The Morgan fingerprint density at radius 3 is 2.67 bits per heavy atom. The number of rotatable bonds is 4. The fraction of sp³-hybridized carbons (Fsp3) is 0.0714. The minimum absolute atomic E-state index is 0.0774. The van der Waals surface area contributed by atoms with Crippen LogP contribution < -0.4 is 10.3 Å². The summed E-state index contributed by atoms with van der Waals surface area (Å²) < 4.78 is 33.0. The first-order valence-corrected chi connectivity index (χ1v) is 8.09. The van der Waals surface area contributed by atoms with Gasteiger partial charge in [-0.05, 0) is 24.3 Å². The Hall–Kier alpha value is -3.14. The number of fused-ring (bicyclic) bond motifs is 1. The number of carbonyl (C=O) groups is 1. The number of sulfonamides is 1. The molecule has 0 aliphatic heterocycles. The molecule has 0 bridgehead atoms. The molecule has 0 saturated carbocycles. The van der Waals surface area contributed by atoms with Gasteiger partial charge in [0, 0.05) is 24.6 Å². The standard InChI is InChI=1S/C14H11N3O6S/c1-17-10(14(19)20)7-12(15-17)16-24(21,22)9-3-4-11-8(6-9)2-5-13(18)23-11/h2-7H,1H3,(H,15,16)(H,19,20). The van der Waals surface area contributed by atoms with E-state index in [-0.39, 0.29) is 22.0 Å². The predicted octanol–water partition coefficient (Wildman–Crippen LogP) is 1.03. The molecule has 2 heterocycles. The lowest BCUT2D eigenvalue weighted by molar-refractivity contribution is 0.0685. The highest BCUT2D eigenvalue weighted by atomic mass is 32.2. The summed E-state index contributed by atoms with van der Waals surface area (Å²) in [6.45, 7) is 0. The molecule has 0 aliphatic carbocycles. The van der Waals surface area contributed by atoms with E-state index in [0.717, 1.165) is 10.7 Å². The smallest absolute Gasteiger partial charge is 0.354 e. The fourth-order valence-electron chi connectivity index (χ4n) is 2.13. The van der Waals surface area contributed by atoms with Crippen LogP contribution in [0.3, 0.4) is 0 Å². The van der Waals surface area contributed by atoms with E-state index in [1.807, 2.05) is 0 Å². The van der Waals surface area contributed by atoms with Gasteiger partial charge in [-0.25, -0.2) is 18.0 Å². The van der Waals surface area contributed by atoms with Gasteiger partial charge in [0.25, 0.3) is 10.0 Å². The molecule has 10 heteroatoms. The second-order valence-corrected chi connectivity index (χ2v) is 6.59. The molecule has 9 nitrogen and oxygen atoms in total. The van der Waals surface area contributed by atoms with E-state index in [4.69, 9.17) is 9.52 Å². The molecule has 0 amide bonds. The summed E-state index contributed by atoms with van der Waals surface area (Å²) in [5.41, 5.74) is -0.439. The van der Waals surface area contributed by atoms with E-state index in [2.05, 4.69) is 9.82 Å². The second kappa shape index (κ2) is 5.49. The van der Waals surface area contributed by atoms with E-state index in [1.165, 1.54) is 37.4 Å². The molecule has 124 valence electrons. The lowest BCUT2D eigenvalue weighted by atomic mass is 10.2. The van der Waals surface area contributed by atoms with Crippen molar-refractivity contribution in [1.82, 2.24) is 9.78 Å². The summed E-state index contributed by atoms with van der Waals surface area (Å²) in [4.78, 5) is 22.0. The summed E-state index contributed by atoms with van der Waals surface area (Å²) in [5.74, 6) is -1.34. The quantitative estimate of drug-likeness (QED) is 0.672. The number of aryl methyl sites for hydroxylation is 1. The Morgan fingerprint density at radius 1 is 1.25 bits per heavy atom. The van der Waals surface area contributed by atoms with Crippen molar-refractivity contribution in [3.05, 3.63) is 52.5 Å². The molecule has 0 saturated heterocycles. The minimum atomic E-state index is -3.98. The monoisotopic (exact) mass is 349 g/mol. The Bertz CT molecular complexity index is 1110. The number of nitrogens with zero attached hydrogens (tertiary/aromatic N) is 2. The van der Waals surface area contributed by atoms with E-state index in [9.17, 15) is 18.0 Å². The van der Waals surface area contributed by atoms with Crippen LogP contribution in [0.2, 0.25) is 0 Å². The first kappa shape index (κ1) is 15.7. The van der Waals surface area contributed by atoms with Crippen LogP contribution in [0, 0.1) is 0 Å². The van der Waals surface area contributed by atoms with E-state index >= 15 is 0 Å². The van der Waals surface area contributed by atoms with Crippen LogP contribution in [-0.4, -0.2) is 29.3 Å². The van der Waals surface area contributed by atoms with Crippen molar-refractivity contribution in [3.8, 4) is 0 Å². The molecule has 2 N–H and O–H groups in total. The highest BCUT2D eigenvalue weighted by molar-refractivity contribution is 7.92. The third-order valence-corrected chi connectivity index (χ3v) is 4.59. The van der Waals surface area contributed by atoms with Crippen molar-refractivity contribution in [1.29, 1.82) is 0 Å². The molecule has 0 unspecified atom stereocenters. The summed E-state index contributed by atoms with van der Waals surface area (Å²) >= 11 is 0. The Labute approximate surface area is 135 Å². The molecule has 0 fully saturated rings. The van der Waals surface area contributed by atoms with Crippen LogP contribution in [0.4, 0.5) is 5.82 Å². The third kappa shape index (κ3) is 2.86. The molecule has 0 aliphatic rings. The average molecular weight is 349 g/mol. The van der Waals surface area contributed by atoms with Crippen molar-refractivity contribution >= 4 is 32.8 Å². The van der Waals surface area contributed by atoms with Gasteiger partial charge in [-0.15, -0.1) is 0 Å². The zero-order valence-electron chi connectivity index (χ0n) is 12.3. The van der Waals surface area contributed by atoms with Gasteiger partial charge in [-0.1, -0.05) is 0 Å². The predicted molar refractivity (Wildman–Crippen MR) is 83.5 cm³/mol. The molecular weight excluding hydrogens is 338 g/mol. The topological polar surface area (TPSA) is 131 Å². The SMILES string of the molecule is Cn1nc(NS(=O)(=O)c2ccc3oc(=O)ccc3c2)cc1C(=O)O. The summed E-state index contributed by atoms with van der Waals surface area (Å²) in [6, 6.07) is 7.72. The van der Waals surface area contributed by atoms with Crippen LogP contribution in [0.1, 0.15) is 10.5 Å². The van der Waals surface area contributed by atoms with Gasteiger partial charge in [0.15, 0.2) is 5.82 Å². The van der Waals surface area contributed by atoms with Gasteiger partial charge in [0.05, 0.1) is 4.90 Å². The molecule has 2 aromatic heterocycles. The molecule has 0 radical (unpaired) electrons. The van der Waals surface area contributed by atoms with Gasteiger partial charge in [0.2, 0.25) is 0 Å². The van der Waals surface area contributed by atoms with Gasteiger partial charge < -0.3 is 9.52 Å². The number of hydrogen-bond acceptors (Lipinski definition) is 6. The van der Waals surface area contributed by atoms with E-state index in [1.54, 1.807) is 0 Å². The largest absolute Gasteiger partial charge is 0.477 e. The molecule has 0 atom stereocenters. The summed E-state index contributed by atoms with van der Waals surface area (Å²) in [7, 11) is -2.59. The summed E-state index contributed by atoms with van der Waals surface area (Å²) in [5, 5.41) is 13.2. The van der Waals surface area contributed by atoms with Crippen LogP contribution >= 0.6 is 0 Å². The first-order valence-electron chi connectivity index (χ1n) is 6.60. The van der Waals surface area contributed by atoms with Gasteiger partial charge in [-0.2, -0.15) is 5.10 Å². The number of carboxylic acid groups (broad SMARTS) is 1. The maximum absolute atomic E-state index is 12.4.